The lowest BCUT2D eigenvalue weighted by Gasteiger charge is -2.23. The molecule has 20 heavy (non-hydrogen) atoms. The second-order valence-electron chi connectivity index (χ2n) is 4.67. The van der Waals surface area contributed by atoms with Gasteiger partial charge in [0.15, 0.2) is 0 Å². The van der Waals surface area contributed by atoms with Gasteiger partial charge in [-0.05, 0) is 36.2 Å². The molecular formula is C16H16FNO2. The zero-order valence-corrected chi connectivity index (χ0v) is 11.2. The molecular weight excluding hydrogens is 257 g/mol. The SMILES string of the molecule is Cc1cc(CN(CC(=O)O)c2ccccc2)ccc1F. The van der Waals surface area contributed by atoms with E-state index in [1.165, 1.54) is 6.07 Å². The van der Waals surface area contributed by atoms with Gasteiger partial charge in [-0.3, -0.25) is 4.79 Å². The number of aryl methyl sites for hydroxylation is 1. The molecule has 0 fully saturated rings. The average molecular weight is 273 g/mol. The molecule has 2 rings (SSSR count). The molecule has 2 aromatic carbocycles. The molecule has 0 heterocycles. The molecule has 104 valence electrons. The van der Waals surface area contributed by atoms with Crippen LogP contribution in [0.15, 0.2) is 48.5 Å². The Morgan fingerprint density at radius 1 is 1.20 bits per heavy atom. The molecule has 0 amide bonds. The maximum atomic E-state index is 13.3. The number of halogens is 1. The first kappa shape index (κ1) is 14.1. The normalized spacial score (nSPS) is 10.3. The minimum Gasteiger partial charge on any atom is -0.480 e. The number of hydrogen-bond acceptors (Lipinski definition) is 2. The summed E-state index contributed by atoms with van der Waals surface area (Å²) in [7, 11) is 0. The fraction of sp³-hybridized carbons (Fsp3) is 0.188. The van der Waals surface area contributed by atoms with Crippen LogP contribution in [0, 0.1) is 12.7 Å². The van der Waals surface area contributed by atoms with E-state index >= 15 is 0 Å². The standard InChI is InChI=1S/C16H16FNO2/c1-12-9-13(7-8-15(12)17)10-18(11-16(19)20)14-5-3-2-4-6-14/h2-9H,10-11H2,1H3,(H,19,20). The van der Waals surface area contributed by atoms with Gasteiger partial charge < -0.3 is 10.0 Å². The summed E-state index contributed by atoms with van der Waals surface area (Å²) in [6, 6.07) is 14.2. The summed E-state index contributed by atoms with van der Waals surface area (Å²) in [5.74, 6) is -1.15. The van der Waals surface area contributed by atoms with Gasteiger partial charge in [-0.1, -0.05) is 30.3 Å². The molecule has 0 unspecified atom stereocenters. The van der Waals surface area contributed by atoms with Crippen molar-refractivity contribution in [2.24, 2.45) is 0 Å². The van der Waals surface area contributed by atoms with E-state index in [0.29, 0.717) is 12.1 Å². The molecule has 0 bridgehead atoms. The first-order valence-electron chi connectivity index (χ1n) is 6.33. The third-order valence-electron chi connectivity index (χ3n) is 3.04. The van der Waals surface area contributed by atoms with Crippen molar-refractivity contribution in [2.45, 2.75) is 13.5 Å². The van der Waals surface area contributed by atoms with Crippen molar-refractivity contribution in [3.63, 3.8) is 0 Å². The predicted octanol–water partition coefficient (Wildman–Crippen LogP) is 3.23. The van der Waals surface area contributed by atoms with Crippen LogP contribution in [0.1, 0.15) is 11.1 Å². The van der Waals surface area contributed by atoms with E-state index < -0.39 is 5.97 Å². The van der Waals surface area contributed by atoms with Crippen LogP contribution in [0.25, 0.3) is 0 Å². The van der Waals surface area contributed by atoms with Crippen LogP contribution in [0.3, 0.4) is 0 Å². The minimum atomic E-state index is -0.896. The van der Waals surface area contributed by atoms with Crippen LogP contribution in [0.2, 0.25) is 0 Å². The van der Waals surface area contributed by atoms with Gasteiger partial charge in [0.25, 0.3) is 0 Å². The number of rotatable bonds is 5. The Hall–Kier alpha value is -2.36. The first-order valence-corrected chi connectivity index (χ1v) is 6.33. The number of anilines is 1. The molecule has 0 saturated heterocycles. The van der Waals surface area contributed by atoms with Gasteiger partial charge in [-0.25, -0.2) is 4.39 Å². The van der Waals surface area contributed by atoms with Crippen LogP contribution < -0.4 is 4.90 Å². The fourth-order valence-corrected chi connectivity index (χ4v) is 2.07. The number of carboxylic acids is 1. The monoisotopic (exact) mass is 273 g/mol. The molecule has 0 aliphatic carbocycles. The number of aliphatic carboxylic acids is 1. The van der Waals surface area contributed by atoms with Crippen molar-refractivity contribution in [1.29, 1.82) is 0 Å². The van der Waals surface area contributed by atoms with Gasteiger partial charge in [-0.15, -0.1) is 0 Å². The third kappa shape index (κ3) is 3.57. The molecule has 0 saturated carbocycles. The van der Waals surface area contributed by atoms with Crippen molar-refractivity contribution in [2.75, 3.05) is 11.4 Å². The lowest BCUT2D eigenvalue weighted by molar-refractivity contribution is -0.135. The van der Waals surface area contributed by atoms with Gasteiger partial charge in [0.1, 0.15) is 12.4 Å². The fourth-order valence-electron chi connectivity index (χ4n) is 2.07. The molecule has 0 aromatic heterocycles. The summed E-state index contributed by atoms with van der Waals surface area (Å²) < 4.78 is 13.3. The second-order valence-corrected chi connectivity index (χ2v) is 4.67. The van der Waals surface area contributed by atoms with Gasteiger partial charge in [0, 0.05) is 12.2 Å². The van der Waals surface area contributed by atoms with Gasteiger partial charge in [0.05, 0.1) is 0 Å². The molecule has 0 atom stereocenters. The van der Waals surface area contributed by atoms with Gasteiger partial charge in [-0.2, -0.15) is 0 Å². The Labute approximate surface area is 117 Å². The molecule has 0 radical (unpaired) electrons. The maximum Gasteiger partial charge on any atom is 0.323 e. The van der Waals surface area contributed by atoms with E-state index in [2.05, 4.69) is 0 Å². The van der Waals surface area contributed by atoms with Crippen molar-refractivity contribution in [3.8, 4) is 0 Å². The number of benzene rings is 2. The number of carbonyl (C=O) groups is 1. The summed E-state index contributed by atoms with van der Waals surface area (Å²) in [5, 5.41) is 9.02. The average Bonchev–Trinajstić information content (AvgIpc) is 2.43. The summed E-state index contributed by atoms with van der Waals surface area (Å²) in [6.45, 7) is 2.03. The third-order valence-corrected chi connectivity index (χ3v) is 3.04. The Morgan fingerprint density at radius 2 is 1.90 bits per heavy atom. The topological polar surface area (TPSA) is 40.5 Å². The molecule has 0 aliphatic rings. The summed E-state index contributed by atoms with van der Waals surface area (Å²) >= 11 is 0. The maximum absolute atomic E-state index is 13.3. The van der Waals surface area contributed by atoms with Crippen LogP contribution in [0.5, 0.6) is 0 Å². The Morgan fingerprint density at radius 3 is 2.50 bits per heavy atom. The van der Waals surface area contributed by atoms with Gasteiger partial charge >= 0.3 is 5.97 Å². The van der Waals surface area contributed by atoms with Crippen LogP contribution in [-0.4, -0.2) is 17.6 Å². The summed E-state index contributed by atoms with van der Waals surface area (Å²) in [5.41, 5.74) is 2.27. The van der Waals surface area contributed by atoms with Crippen molar-refractivity contribution in [3.05, 3.63) is 65.5 Å². The van der Waals surface area contributed by atoms with Crippen molar-refractivity contribution < 1.29 is 14.3 Å². The molecule has 2 aromatic rings. The number of para-hydroxylation sites is 1. The molecule has 4 heteroatoms. The highest BCUT2D eigenvalue weighted by molar-refractivity contribution is 5.73. The zero-order chi connectivity index (χ0) is 14.5. The Bertz CT molecular complexity index is 599. The summed E-state index contributed by atoms with van der Waals surface area (Å²) in [4.78, 5) is 12.7. The highest BCUT2D eigenvalue weighted by Crippen LogP contribution is 2.18. The summed E-state index contributed by atoms with van der Waals surface area (Å²) in [6.07, 6.45) is 0. The molecule has 0 aliphatic heterocycles. The van der Waals surface area contributed by atoms with Crippen molar-refractivity contribution >= 4 is 11.7 Å². The highest BCUT2D eigenvalue weighted by atomic mass is 19.1. The smallest absolute Gasteiger partial charge is 0.323 e. The Balaban J connectivity index is 2.23. The van der Waals surface area contributed by atoms with E-state index in [0.717, 1.165) is 11.3 Å². The Kier molecular flexibility index (Phi) is 4.35. The van der Waals surface area contributed by atoms with Crippen LogP contribution >= 0.6 is 0 Å². The largest absolute Gasteiger partial charge is 0.480 e. The molecule has 1 N–H and O–H groups in total. The van der Waals surface area contributed by atoms with E-state index in [4.69, 9.17) is 5.11 Å². The molecule has 3 nitrogen and oxygen atoms in total. The lowest BCUT2D eigenvalue weighted by Crippen LogP contribution is -2.29. The van der Waals surface area contributed by atoms with E-state index in [1.807, 2.05) is 30.3 Å². The minimum absolute atomic E-state index is 0.0968. The molecule has 0 spiro atoms. The van der Waals surface area contributed by atoms with E-state index in [-0.39, 0.29) is 12.4 Å². The van der Waals surface area contributed by atoms with E-state index in [9.17, 15) is 9.18 Å². The lowest BCUT2D eigenvalue weighted by atomic mass is 10.1. The van der Waals surface area contributed by atoms with E-state index in [1.54, 1.807) is 24.0 Å². The van der Waals surface area contributed by atoms with Crippen LogP contribution in [0.4, 0.5) is 10.1 Å². The van der Waals surface area contributed by atoms with Gasteiger partial charge in [0.2, 0.25) is 0 Å². The number of hydrogen-bond donors (Lipinski definition) is 1. The first-order chi connectivity index (χ1) is 9.56. The van der Waals surface area contributed by atoms with Crippen LogP contribution in [-0.2, 0) is 11.3 Å². The number of carboxylic acid groups (broad SMARTS) is 1. The quantitative estimate of drug-likeness (QED) is 0.909. The predicted molar refractivity (Wildman–Crippen MR) is 76.3 cm³/mol. The number of nitrogens with zero attached hydrogens (tertiary/aromatic N) is 1. The highest BCUT2D eigenvalue weighted by Gasteiger charge is 2.11. The second kappa shape index (κ2) is 6.19. The zero-order valence-electron chi connectivity index (χ0n) is 11.2. The van der Waals surface area contributed by atoms with Crippen molar-refractivity contribution in [1.82, 2.24) is 0 Å².